The molecule has 0 unspecified atom stereocenters. The number of aromatic nitrogens is 2. The molecule has 0 aliphatic carbocycles. The molecular weight excluding hydrogens is 324 g/mol. The quantitative estimate of drug-likeness (QED) is 0.771. The minimum atomic E-state index is -3.07. The maximum absolute atomic E-state index is 13.1. The normalized spacial score (nSPS) is 11.3. The highest BCUT2D eigenvalue weighted by atomic mass is 32.1. The maximum atomic E-state index is 13.1. The van der Waals surface area contributed by atoms with Gasteiger partial charge in [-0.05, 0) is 30.7 Å². The van der Waals surface area contributed by atoms with Crippen molar-refractivity contribution < 1.29 is 18.3 Å². The summed E-state index contributed by atoms with van der Waals surface area (Å²) >= 11 is 0.651. The molecule has 0 atom stereocenters. The predicted octanol–water partition coefficient (Wildman–Crippen LogP) is 4.08. The molecule has 1 aromatic carbocycles. The Labute approximate surface area is 136 Å². The number of halogens is 2. The van der Waals surface area contributed by atoms with Crippen LogP contribution in [0.25, 0.3) is 0 Å². The van der Waals surface area contributed by atoms with E-state index in [1.165, 1.54) is 0 Å². The fourth-order valence-corrected chi connectivity index (χ4v) is 2.33. The Kier molecular flexibility index (Phi) is 5.59. The third-order valence-electron chi connectivity index (χ3n) is 2.90. The van der Waals surface area contributed by atoms with Gasteiger partial charge in [-0.2, -0.15) is 8.78 Å². The van der Waals surface area contributed by atoms with Crippen LogP contribution in [-0.2, 0) is 5.92 Å². The lowest BCUT2D eigenvalue weighted by atomic mass is 10.2. The van der Waals surface area contributed by atoms with Crippen molar-refractivity contribution in [1.29, 1.82) is 0 Å². The Morgan fingerprint density at radius 3 is 2.57 bits per heavy atom. The number of anilines is 1. The summed E-state index contributed by atoms with van der Waals surface area (Å²) in [5.41, 5.74) is 0.382. The molecule has 1 N–H and O–H groups in total. The monoisotopic (exact) mass is 341 g/mol. The van der Waals surface area contributed by atoms with Crippen molar-refractivity contribution in [1.82, 2.24) is 10.2 Å². The summed E-state index contributed by atoms with van der Waals surface area (Å²) in [5, 5.41) is 8.97. The van der Waals surface area contributed by atoms with Crippen molar-refractivity contribution in [2.45, 2.75) is 32.6 Å². The molecule has 1 heterocycles. The van der Waals surface area contributed by atoms with Gasteiger partial charge in [-0.1, -0.05) is 24.7 Å². The van der Waals surface area contributed by atoms with Crippen LogP contribution in [0.4, 0.5) is 13.9 Å². The molecule has 0 aliphatic heterocycles. The lowest BCUT2D eigenvalue weighted by Gasteiger charge is -2.06. The van der Waals surface area contributed by atoms with Gasteiger partial charge in [0.25, 0.3) is 11.8 Å². The zero-order valence-electron chi connectivity index (χ0n) is 12.8. The van der Waals surface area contributed by atoms with Gasteiger partial charge < -0.3 is 4.74 Å². The molecule has 0 bridgehead atoms. The average Bonchev–Trinajstić information content (AvgIpc) is 2.97. The van der Waals surface area contributed by atoms with E-state index in [-0.39, 0.29) is 5.13 Å². The summed E-state index contributed by atoms with van der Waals surface area (Å²) in [7, 11) is 0. The van der Waals surface area contributed by atoms with Crippen LogP contribution in [0.2, 0.25) is 0 Å². The van der Waals surface area contributed by atoms with Gasteiger partial charge in [0.1, 0.15) is 5.75 Å². The van der Waals surface area contributed by atoms with E-state index in [1.54, 1.807) is 24.3 Å². The summed E-state index contributed by atoms with van der Waals surface area (Å²) < 4.78 is 31.7. The summed E-state index contributed by atoms with van der Waals surface area (Å²) in [5.74, 6) is -2.83. The van der Waals surface area contributed by atoms with Gasteiger partial charge in [-0.3, -0.25) is 10.1 Å². The van der Waals surface area contributed by atoms with Crippen molar-refractivity contribution in [3.8, 4) is 5.75 Å². The second kappa shape index (κ2) is 7.45. The fourth-order valence-electron chi connectivity index (χ4n) is 1.66. The van der Waals surface area contributed by atoms with E-state index in [0.29, 0.717) is 29.3 Å². The number of benzene rings is 1. The summed E-state index contributed by atoms with van der Waals surface area (Å²) in [6, 6.07) is 6.59. The van der Waals surface area contributed by atoms with Crippen LogP contribution in [0.1, 0.15) is 42.1 Å². The zero-order valence-corrected chi connectivity index (χ0v) is 13.6. The number of alkyl halides is 2. The van der Waals surface area contributed by atoms with Crippen LogP contribution in [-0.4, -0.2) is 22.7 Å². The Balaban J connectivity index is 1.96. The molecule has 2 rings (SSSR count). The molecule has 1 amide bonds. The predicted molar refractivity (Wildman–Crippen MR) is 84.3 cm³/mol. The highest BCUT2D eigenvalue weighted by molar-refractivity contribution is 7.15. The first-order valence-corrected chi connectivity index (χ1v) is 7.98. The second-order valence-corrected chi connectivity index (χ2v) is 5.96. The molecule has 23 heavy (non-hydrogen) atoms. The number of nitrogens with zero attached hydrogens (tertiary/aromatic N) is 2. The lowest BCUT2D eigenvalue weighted by Crippen LogP contribution is -2.11. The number of hydrogen-bond donors (Lipinski definition) is 1. The van der Waals surface area contributed by atoms with Crippen LogP contribution < -0.4 is 10.1 Å². The minimum Gasteiger partial charge on any atom is -0.494 e. The number of hydrogen-bond acceptors (Lipinski definition) is 5. The molecule has 5 nitrogen and oxygen atoms in total. The van der Waals surface area contributed by atoms with E-state index >= 15 is 0 Å². The van der Waals surface area contributed by atoms with Crippen molar-refractivity contribution in [2.75, 3.05) is 11.9 Å². The van der Waals surface area contributed by atoms with E-state index in [1.807, 2.05) is 0 Å². The Hall–Kier alpha value is -2.09. The number of carbonyl (C=O) groups is 1. The number of ether oxygens (including phenoxy) is 1. The first-order chi connectivity index (χ1) is 10.9. The van der Waals surface area contributed by atoms with E-state index in [0.717, 1.165) is 19.8 Å². The minimum absolute atomic E-state index is 0.0368. The number of rotatable bonds is 7. The molecule has 0 saturated carbocycles. The van der Waals surface area contributed by atoms with Crippen molar-refractivity contribution >= 4 is 22.4 Å². The molecule has 0 spiro atoms. The first-order valence-electron chi connectivity index (χ1n) is 7.16. The van der Waals surface area contributed by atoms with Gasteiger partial charge in [-0.15, -0.1) is 10.2 Å². The van der Waals surface area contributed by atoms with Gasteiger partial charge >= 0.3 is 0 Å². The molecule has 1 aromatic heterocycles. The van der Waals surface area contributed by atoms with Gasteiger partial charge in [-0.25, -0.2) is 0 Å². The Morgan fingerprint density at radius 1 is 1.30 bits per heavy atom. The van der Waals surface area contributed by atoms with Crippen LogP contribution in [0.15, 0.2) is 24.3 Å². The summed E-state index contributed by atoms with van der Waals surface area (Å²) in [6.07, 6.45) is 2.00. The molecule has 0 aliphatic rings. The van der Waals surface area contributed by atoms with E-state index in [9.17, 15) is 13.6 Å². The molecule has 2 aromatic rings. The van der Waals surface area contributed by atoms with Crippen molar-refractivity contribution in [3.05, 3.63) is 34.8 Å². The van der Waals surface area contributed by atoms with Crippen molar-refractivity contribution in [2.24, 2.45) is 0 Å². The maximum Gasteiger partial charge on any atom is 0.298 e. The first kappa shape index (κ1) is 17.3. The number of unbranched alkanes of at least 4 members (excludes halogenated alkanes) is 1. The third-order valence-corrected chi connectivity index (χ3v) is 3.91. The van der Waals surface area contributed by atoms with Gasteiger partial charge in [0.05, 0.1) is 6.61 Å². The zero-order chi connectivity index (χ0) is 16.9. The number of nitrogens with one attached hydrogen (secondary N) is 1. The van der Waals surface area contributed by atoms with Crippen LogP contribution in [0.5, 0.6) is 5.75 Å². The molecular formula is C15H17F2N3O2S. The van der Waals surface area contributed by atoms with E-state index in [4.69, 9.17) is 4.74 Å². The average molecular weight is 341 g/mol. The van der Waals surface area contributed by atoms with Gasteiger partial charge in [0.2, 0.25) is 5.13 Å². The second-order valence-electron chi connectivity index (χ2n) is 4.98. The lowest BCUT2D eigenvalue weighted by molar-refractivity contribution is 0.0165. The van der Waals surface area contributed by atoms with Crippen molar-refractivity contribution in [3.63, 3.8) is 0 Å². The summed E-state index contributed by atoms with van der Waals surface area (Å²) in [6.45, 7) is 3.43. The molecule has 124 valence electrons. The Morgan fingerprint density at radius 2 is 2.00 bits per heavy atom. The third kappa shape index (κ3) is 4.95. The summed E-state index contributed by atoms with van der Waals surface area (Å²) in [4.78, 5) is 12.0. The largest absolute Gasteiger partial charge is 0.494 e. The van der Waals surface area contributed by atoms with E-state index in [2.05, 4.69) is 22.4 Å². The number of amides is 1. The highest BCUT2D eigenvalue weighted by Gasteiger charge is 2.29. The molecule has 0 radical (unpaired) electrons. The highest BCUT2D eigenvalue weighted by Crippen LogP contribution is 2.31. The Bertz CT molecular complexity index is 653. The van der Waals surface area contributed by atoms with E-state index < -0.39 is 16.8 Å². The number of carbonyl (C=O) groups excluding carboxylic acids is 1. The molecule has 0 fully saturated rings. The topological polar surface area (TPSA) is 64.1 Å². The van der Waals surface area contributed by atoms with Crippen LogP contribution in [0.3, 0.4) is 0 Å². The van der Waals surface area contributed by atoms with Crippen LogP contribution in [0, 0.1) is 0 Å². The SMILES string of the molecule is CCCCOc1ccc(C(=O)Nc2nnc(C(C)(F)F)s2)cc1. The van der Waals surface area contributed by atoms with Crippen LogP contribution >= 0.6 is 11.3 Å². The van der Waals surface area contributed by atoms with Gasteiger partial charge in [0.15, 0.2) is 5.01 Å². The molecule has 0 saturated heterocycles. The molecule has 8 heteroatoms. The standard InChI is InChI=1S/C15H17F2N3O2S/c1-3-4-9-22-11-7-5-10(6-8-11)12(21)18-14-20-19-13(23-14)15(2,16)17/h5-8H,3-4,9H2,1-2H3,(H,18,20,21). The fraction of sp³-hybridized carbons (Fsp3) is 0.400. The smallest absolute Gasteiger partial charge is 0.298 e. The van der Waals surface area contributed by atoms with Gasteiger partial charge in [0, 0.05) is 12.5 Å².